The molecule has 2 aliphatic rings. The lowest BCUT2D eigenvalue weighted by atomic mass is 9.89. The summed E-state index contributed by atoms with van der Waals surface area (Å²) in [7, 11) is 0. The predicted molar refractivity (Wildman–Crippen MR) is 97.4 cm³/mol. The van der Waals surface area contributed by atoms with E-state index in [1.807, 2.05) is 11.0 Å². The number of hydrogen-bond acceptors (Lipinski definition) is 5. The van der Waals surface area contributed by atoms with Crippen LogP contribution in [0.2, 0.25) is 0 Å². The van der Waals surface area contributed by atoms with Crippen LogP contribution in [0.5, 0.6) is 0 Å². The van der Waals surface area contributed by atoms with Gasteiger partial charge in [-0.3, -0.25) is 9.89 Å². The average molecular weight is 366 g/mol. The molecule has 2 aliphatic heterocycles. The second-order valence-electron chi connectivity index (χ2n) is 7.33. The molecule has 2 saturated heterocycles. The lowest BCUT2D eigenvalue weighted by Crippen LogP contribution is -2.34. The third-order valence-corrected chi connectivity index (χ3v) is 5.79. The molecule has 0 aliphatic carbocycles. The van der Waals surface area contributed by atoms with Gasteiger partial charge in [0.05, 0.1) is 17.6 Å². The number of aromatic nitrogens is 4. The van der Waals surface area contributed by atoms with E-state index in [0.29, 0.717) is 18.1 Å². The van der Waals surface area contributed by atoms with Crippen LogP contribution in [0.4, 0.5) is 10.2 Å². The number of H-pyrrole nitrogens is 1. The first-order chi connectivity index (χ1) is 13.1. The predicted octanol–water partition coefficient (Wildman–Crippen LogP) is 2.15. The fourth-order valence-electron chi connectivity index (χ4n) is 4.66. The van der Waals surface area contributed by atoms with Crippen LogP contribution in [0.3, 0.4) is 0 Å². The Morgan fingerprint density at radius 2 is 2.15 bits per heavy atom. The van der Waals surface area contributed by atoms with Crippen LogP contribution in [0, 0.1) is 17.7 Å². The Kier molecular flexibility index (Phi) is 3.60. The molecule has 5 rings (SSSR count). The van der Waals surface area contributed by atoms with Crippen LogP contribution in [-0.2, 0) is 4.79 Å². The first kappa shape index (κ1) is 16.2. The van der Waals surface area contributed by atoms with Crippen molar-refractivity contribution in [3.05, 3.63) is 48.2 Å². The van der Waals surface area contributed by atoms with Gasteiger partial charge in [-0.25, -0.2) is 14.4 Å². The molecule has 1 amide bonds. The highest BCUT2D eigenvalue weighted by Gasteiger charge is 2.49. The second kappa shape index (κ2) is 6.00. The zero-order chi connectivity index (χ0) is 18.5. The van der Waals surface area contributed by atoms with Crippen LogP contribution in [0.1, 0.15) is 18.5 Å². The lowest BCUT2D eigenvalue weighted by molar-refractivity contribution is -0.130. The molecule has 0 radical (unpaired) electrons. The molecule has 1 aromatic carbocycles. The SMILES string of the molecule is CC(=O)N1C[C@H]2CN(c3ncnc4[nH]ncc34)C[C@H]2[C@H]1c1cccc(F)c1. The molecule has 0 bridgehead atoms. The van der Waals surface area contributed by atoms with Gasteiger partial charge in [0.2, 0.25) is 5.91 Å². The Labute approximate surface area is 155 Å². The number of hydrogen-bond donors (Lipinski definition) is 1. The molecule has 0 spiro atoms. The molecule has 138 valence electrons. The van der Waals surface area contributed by atoms with Gasteiger partial charge in [0.1, 0.15) is 18.0 Å². The summed E-state index contributed by atoms with van der Waals surface area (Å²) in [6.45, 7) is 3.83. The molecule has 27 heavy (non-hydrogen) atoms. The normalized spacial score (nSPS) is 24.6. The van der Waals surface area contributed by atoms with Crippen molar-refractivity contribution in [2.75, 3.05) is 24.5 Å². The van der Waals surface area contributed by atoms with Crippen molar-refractivity contribution >= 4 is 22.8 Å². The van der Waals surface area contributed by atoms with Crippen molar-refractivity contribution in [3.8, 4) is 0 Å². The van der Waals surface area contributed by atoms with E-state index in [2.05, 4.69) is 25.1 Å². The van der Waals surface area contributed by atoms with Crippen LogP contribution in [0.15, 0.2) is 36.8 Å². The number of carbonyl (C=O) groups excluding carboxylic acids is 1. The number of anilines is 1. The van der Waals surface area contributed by atoms with E-state index in [-0.39, 0.29) is 23.7 Å². The number of nitrogens with zero attached hydrogens (tertiary/aromatic N) is 5. The van der Waals surface area contributed by atoms with E-state index in [4.69, 9.17) is 0 Å². The monoisotopic (exact) mass is 366 g/mol. The third-order valence-electron chi connectivity index (χ3n) is 5.79. The highest BCUT2D eigenvalue weighted by Crippen LogP contribution is 2.46. The summed E-state index contributed by atoms with van der Waals surface area (Å²) in [5, 5.41) is 7.83. The highest BCUT2D eigenvalue weighted by molar-refractivity contribution is 5.86. The molecular weight excluding hydrogens is 347 g/mol. The molecule has 7 nitrogen and oxygen atoms in total. The third kappa shape index (κ3) is 2.55. The number of benzene rings is 1. The van der Waals surface area contributed by atoms with Gasteiger partial charge in [0, 0.05) is 38.4 Å². The number of rotatable bonds is 2. The Morgan fingerprint density at radius 1 is 1.26 bits per heavy atom. The van der Waals surface area contributed by atoms with E-state index in [1.54, 1.807) is 25.3 Å². The summed E-state index contributed by atoms with van der Waals surface area (Å²) in [5.41, 5.74) is 1.57. The molecule has 1 N–H and O–H groups in total. The lowest BCUT2D eigenvalue weighted by Gasteiger charge is -2.29. The number of carbonyl (C=O) groups is 1. The summed E-state index contributed by atoms with van der Waals surface area (Å²) in [6.07, 6.45) is 3.28. The molecule has 4 heterocycles. The topological polar surface area (TPSA) is 78.0 Å². The summed E-state index contributed by atoms with van der Waals surface area (Å²) in [4.78, 5) is 25.0. The molecule has 0 saturated carbocycles. The molecule has 2 aromatic heterocycles. The van der Waals surface area contributed by atoms with Crippen LogP contribution < -0.4 is 4.90 Å². The molecule has 0 unspecified atom stereocenters. The maximum Gasteiger partial charge on any atom is 0.219 e. The van der Waals surface area contributed by atoms with Crippen molar-refractivity contribution in [2.24, 2.45) is 11.8 Å². The Balaban J connectivity index is 1.50. The number of likely N-dealkylation sites (tertiary alicyclic amines) is 1. The Hall–Kier alpha value is -3.03. The largest absolute Gasteiger partial charge is 0.355 e. The van der Waals surface area contributed by atoms with Gasteiger partial charge in [0.25, 0.3) is 0 Å². The van der Waals surface area contributed by atoms with Gasteiger partial charge in [0.15, 0.2) is 5.65 Å². The molecule has 3 atom stereocenters. The van der Waals surface area contributed by atoms with Gasteiger partial charge >= 0.3 is 0 Å². The van der Waals surface area contributed by atoms with Gasteiger partial charge in [-0.2, -0.15) is 5.10 Å². The first-order valence-corrected chi connectivity index (χ1v) is 9.03. The van der Waals surface area contributed by atoms with Crippen molar-refractivity contribution in [3.63, 3.8) is 0 Å². The standard InChI is InChI=1S/C19H19FN6O/c1-11(27)26-8-13-7-25(19-15-6-23-24-18(15)21-10-22-19)9-16(13)17(26)12-3-2-4-14(20)5-12/h2-6,10,13,16-17H,7-9H2,1H3,(H,21,22,23,24)/t13-,16-,17-/m1/s1. The molecule has 3 aromatic rings. The molecule has 8 heteroatoms. The van der Waals surface area contributed by atoms with E-state index >= 15 is 0 Å². The highest BCUT2D eigenvalue weighted by atomic mass is 19.1. The van der Waals surface area contributed by atoms with Crippen molar-refractivity contribution in [1.82, 2.24) is 25.1 Å². The summed E-state index contributed by atoms with van der Waals surface area (Å²) in [6, 6.07) is 6.49. The summed E-state index contributed by atoms with van der Waals surface area (Å²) >= 11 is 0. The minimum Gasteiger partial charge on any atom is -0.355 e. The zero-order valence-corrected chi connectivity index (χ0v) is 14.8. The number of amides is 1. The van der Waals surface area contributed by atoms with Crippen LogP contribution >= 0.6 is 0 Å². The van der Waals surface area contributed by atoms with Crippen molar-refractivity contribution in [2.45, 2.75) is 13.0 Å². The summed E-state index contributed by atoms with van der Waals surface area (Å²) in [5.74, 6) is 1.16. The fourth-order valence-corrected chi connectivity index (χ4v) is 4.66. The molecule has 2 fully saturated rings. The van der Waals surface area contributed by atoms with Gasteiger partial charge in [-0.05, 0) is 17.7 Å². The minimum atomic E-state index is -0.273. The first-order valence-electron chi connectivity index (χ1n) is 9.03. The second-order valence-corrected chi connectivity index (χ2v) is 7.33. The van der Waals surface area contributed by atoms with Gasteiger partial charge in [-0.15, -0.1) is 0 Å². The quantitative estimate of drug-likeness (QED) is 0.752. The van der Waals surface area contributed by atoms with Crippen molar-refractivity contribution in [1.29, 1.82) is 0 Å². The van der Waals surface area contributed by atoms with Gasteiger partial charge < -0.3 is 9.80 Å². The van der Waals surface area contributed by atoms with E-state index < -0.39 is 0 Å². The van der Waals surface area contributed by atoms with Crippen molar-refractivity contribution < 1.29 is 9.18 Å². The maximum atomic E-state index is 13.8. The zero-order valence-electron chi connectivity index (χ0n) is 14.8. The minimum absolute atomic E-state index is 0.0319. The van der Waals surface area contributed by atoms with Crippen LogP contribution in [-0.4, -0.2) is 50.6 Å². The van der Waals surface area contributed by atoms with E-state index in [0.717, 1.165) is 29.9 Å². The fraction of sp³-hybridized carbons (Fsp3) is 0.368. The number of aromatic amines is 1. The van der Waals surface area contributed by atoms with Crippen LogP contribution in [0.25, 0.3) is 11.0 Å². The smallest absolute Gasteiger partial charge is 0.219 e. The number of fused-ring (bicyclic) bond motifs is 2. The Bertz CT molecular complexity index is 1020. The maximum absolute atomic E-state index is 13.8. The summed E-state index contributed by atoms with van der Waals surface area (Å²) < 4.78 is 13.8. The van der Waals surface area contributed by atoms with E-state index in [9.17, 15) is 9.18 Å². The number of halogens is 1. The molecular formula is C19H19FN6O. The number of nitrogens with one attached hydrogen (secondary N) is 1. The van der Waals surface area contributed by atoms with E-state index in [1.165, 1.54) is 12.4 Å². The van der Waals surface area contributed by atoms with Gasteiger partial charge in [-0.1, -0.05) is 12.1 Å². The average Bonchev–Trinajstić information content (AvgIpc) is 3.34. The Morgan fingerprint density at radius 3 is 2.96 bits per heavy atom.